The van der Waals surface area contributed by atoms with Gasteiger partial charge in [-0.3, -0.25) is 0 Å². The molecule has 0 aliphatic carbocycles. The number of oxazole rings is 1. The highest BCUT2D eigenvalue weighted by Crippen LogP contribution is 2.32. The molecular formula is C23H14ClNO. The zero-order valence-corrected chi connectivity index (χ0v) is 14.6. The summed E-state index contributed by atoms with van der Waals surface area (Å²) >= 11 is 6.16. The van der Waals surface area contributed by atoms with E-state index in [4.69, 9.17) is 21.0 Å². The monoisotopic (exact) mass is 355 g/mol. The first-order valence-corrected chi connectivity index (χ1v) is 8.80. The van der Waals surface area contributed by atoms with Crippen LogP contribution in [-0.2, 0) is 0 Å². The van der Waals surface area contributed by atoms with E-state index in [-0.39, 0.29) is 0 Å². The van der Waals surface area contributed by atoms with Gasteiger partial charge in [-0.05, 0) is 46.8 Å². The van der Waals surface area contributed by atoms with E-state index in [0.29, 0.717) is 10.9 Å². The van der Waals surface area contributed by atoms with Crippen LogP contribution in [0.25, 0.3) is 44.5 Å². The summed E-state index contributed by atoms with van der Waals surface area (Å²) in [5.74, 6) is 0.618. The lowest BCUT2D eigenvalue weighted by Crippen LogP contribution is -1.80. The smallest absolute Gasteiger partial charge is 0.227 e. The molecule has 0 atom stereocenters. The van der Waals surface area contributed by atoms with Gasteiger partial charge in [-0.2, -0.15) is 0 Å². The second-order valence-electron chi connectivity index (χ2n) is 6.24. The number of hydrogen-bond acceptors (Lipinski definition) is 2. The highest BCUT2D eigenvalue weighted by atomic mass is 35.5. The van der Waals surface area contributed by atoms with Crippen molar-refractivity contribution in [2.75, 3.05) is 0 Å². The van der Waals surface area contributed by atoms with Crippen molar-refractivity contribution < 1.29 is 4.42 Å². The maximum atomic E-state index is 6.16. The van der Waals surface area contributed by atoms with Crippen LogP contribution in [0.4, 0.5) is 0 Å². The van der Waals surface area contributed by atoms with E-state index in [1.54, 1.807) is 0 Å². The van der Waals surface area contributed by atoms with Crippen molar-refractivity contribution >= 4 is 33.5 Å². The van der Waals surface area contributed by atoms with Crippen molar-refractivity contribution in [1.82, 2.24) is 4.98 Å². The number of aromatic nitrogens is 1. The summed E-state index contributed by atoms with van der Waals surface area (Å²) in [6, 6.07) is 28.4. The lowest BCUT2D eigenvalue weighted by Gasteiger charge is -2.02. The standard InChI is InChI=1S/C23H14ClNO/c24-19-12-10-17-11-13-21-22(20(17)14-19)25-23(26-21)18-8-6-16(7-9-18)15-4-2-1-3-5-15/h1-14H. The van der Waals surface area contributed by atoms with Gasteiger partial charge in [0.1, 0.15) is 5.52 Å². The van der Waals surface area contributed by atoms with E-state index in [1.165, 1.54) is 11.1 Å². The first-order valence-electron chi connectivity index (χ1n) is 8.43. The van der Waals surface area contributed by atoms with Crippen molar-refractivity contribution in [3.63, 3.8) is 0 Å². The quantitative estimate of drug-likeness (QED) is 0.342. The number of fused-ring (bicyclic) bond motifs is 3. The van der Waals surface area contributed by atoms with Crippen LogP contribution in [0.1, 0.15) is 0 Å². The molecule has 0 N–H and O–H groups in total. The fourth-order valence-electron chi connectivity index (χ4n) is 3.24. The van der Waals surface area contributed by atoms with E-state index in [1.807, 2.05) is 60.7 Å². The van der Waals surface area contributed by atoms with Crippen molar-refractivity contribution in [2.45, 2.75) is 0 Å². The molecule has 0 aliphatic heterocycles. The Kier molecular flexibility index (Phi) is 3.51. The van der Waals surface area contributed by atoms with Crippen LogP contribution in [-0.4, -0.2) is 4.98 Å². The Morgan fingerprint density at radius 2 is 1.38 bits per heavy atom. The summed E-state index contributed by atoms with van der Waals surface area (Å²) < 4.78 is 5.99. The number of halogens is 1. The van der Waals surface area contributed by atoms with Crippen molar-refractivity contribution in [1.29, 1.82) is 0 Å². The molecule has 2 nitrogen and oxygen atoms in total. The molecule has 124 valence electrons. The van der Waals surface area contributed by atoms with E-state index < -0.39 is 0 Å². The van der Waals surface area contributed by atoms with Gasteiger partial charge >= 0.3 is 0 Å². The molecule has 0 saturated carbocycles. The van der Waals surface area contributed by atoms with Crippen LogP contribution in [0.5, 0.6) is 0 Å². The summed E-state index contributed by atoms with van der Waals surface area (Å²) in [7, 11) is 0. The van der Waals surface area contributed by atoms with Gasteiger partial charge in [-0.15, -0.1) is 0 Å². The van der Waals surface area contributed by atoms with Crippen molar-refractivity contribution in [3.05, 3.63) is 90.0 Å². The summed E-state index contributed by atoms with van der Waals surface area (Å²) in [5.41, 5.74) is 4.92. The van der Waals surface area contributed by atoms with Crippen LogP contribution < -0.4 is 0 Å². The number of benzene rings is 4. The van der Waals surface area contributed by atoms with Crippen LogP contribution in [0.2, 0.25) is 5.02 Å². The third-order valence-corrected chi connectivity index (χ3v) is 4.81. The van der Waals surface area contributed by atoms with Crippen molar-refractivity contribution in [3.8, 4) is 22.6 Å². The van der Waals surface area contributed by atoms with E-state index >= 15 is 0 Å². The SMILES string of the molecule is Clc1ccc2ccc3oc(-c4ccc(-c5ccccc5)cc4)nc3c2c1. The summed E-state index contributed by atoms with van der Waals surface area (Å²) in [4.78, 5) is 4.73. The molecule has 0 radical (unpaired) electrons. The minimum atomic E-state index is 0.618. The van der Waals surface area contributed by atoms with Crippen LogP contribution in [0.15, 0.2) is 89.3 Å². The molecule has 4 aromatic carbocycles. The highest BCUT2D eigenvalue weighted by Gasteiger charge is 2.11. The number of rotatable bonds is 2. The minimum absolute atomic E-state index is 0.618. The minimum Gasteiger partial charge on any atom is -0.436 e. The molecule has 0 amide bonds. The van der Waals surface area contributed by atoms with Gasteiger partial charge in [0.2, 0.25) is 5.89 Å². The molecule has 0 fully saturated rings. The van der Waals surface area contributed by atoms with Crippen LogP contribution in [0.3, 0.4) is 0 Å². The molecule has 0 saturated heterocycles. The van der Waals surface area contributed by atoms with Gasteiger partial charge in [0.05, 0.1) is 0 Å². The molecule has 1 heterocycles. The zero-order valence-electron chi connectivity index (χ0n) is 13.8. The molecule has 3 heteroatoms. The second kappa shape index (κ2) is 6.01. The van der Waals surface area contributed by atoms with Gasteiger partial charge < -0.3 is 4.42 Å². The van der Waals surface area contributed by atoms with Crippen molar-refractivity contribution in [2.24, 2.45) is 0 Å². The normalized spacial score (nSPS) is 11.3. The maximum Gasteiger partial charge on any atom is 0.227 e. The molecule has 0 unspecified atom stereocenters. The predicted octanol–water partition coefficient (Wildman–Crippen LogP) is 6.97. The van der Waals surface area contributed by atoms with Crippen LogP contribution >= 0.6 is 11.6 Å². The summed E-state index contributed by atoms with van der Waals surface area (Å²) in [5, 5.41) is 2.80. The first-order chi connectivity index (χ1) is 12.8. The Labute approximate surface area is 155 Å². The molecule has 0 aliphatic rings. The van der Waals surface area contributed by atoms with Gasteiger partial charge in [0.25, 0.3) is 0 Å². The topological polar surface area (TPSA) is 26.0 Å². The van der Waals surface area contributed by atoms with E-state index in [9.17, 15) is 0 Å². The average Bonchev–Trinajstić information content (AvgIpc) is 3.14. The molecule has 0 bridgehead atoms. The maximum absolute atomic E-state index is 6.16. The summed E-state index contributed by atoms with van der Waals surface area (Å²) in [6.45, 7) is 0. The fourth-order valence-corrected chi connectivity index (χ4v) is 3.41. The molecule has 0 spiro atoms. The third kappa shape index (κ3) is 2.56. The second-order valence-corrected chi connectivity index (χ2v) is 6.68. The molecule has 5 aromatic rings. The van der Waals surface area contributed by atoms with Gasteiger partial charge in [0, 0.05) is 16.0 Å². The number of nitrogens with zero attached hydrogens (tertiary/aromatic N) is 1. The Morgan fingerprint density at radius 3 is 2.19 bits per heavy atom. The molecule has 5 rings (SSSR count). The van der Waals surface area contributed by atoms with Crippen LogP contribution in [0, 0.1) is 0 Å². The molecule has 1 aromatic heterocycles. The van der Waals surface area contributed by atoms with Gasteiger partial charge in [0.15, 0.2) is 5.58 Å². The lowest BCUT2D eigenvalue weighted by molar-refractivity contribution is 0.620. The largest absolute Gasteiger partial charge is 0.436 e. The third-order valence-electron chi connectivity index (χ3n) is 4.58. The lowest BCUT2D eigenvalue weighted by atomic mass is 10.0. The Morgan fingerprint density at radius 1 is 0.692 bits per heavy atom. The van der Waals surface area contributed by atoms with E-state index in [2.05, 4.69) is 24.3 Å². The Bertz CT molecular complexity index is 1220. The van der Waals surface area contributed by atoms with Gasteiger partial charge in [-0.25, -0.2) is 4.98 Å². The Balaban J connectivity index is 1.61. The van der Waals surface area contributed by atoms with E-state index in [0.717, 1.165) is 27.4 Å². The predicted molar refractivity (Wildman–Crippen MR) is 107 cm³/mol. The number of hydrogen-bond donors (Lipinski definition) is 0. The Hall–Kier alpha value is -3.10. The van der Waals surface area contributed by atoms with Gasteiger partial charge in [-0.1, -0.05) is 66.2 Å². The summed E-state index contributed by atoms with van der Waals surface area (Å²) in [6.07, 6.45) is 0. The highest BCUT2D eigenvalue weighted by molar-refractivity contribution is 6.31. The zero-order chi connectivity index (χ0) is 17.5. The fraction of sp³-hybridized carbons (Fsp3) is 0. The average molecular weight is 356 g/mol. The first kappa shape index (κ1) is 15.2. The molecule has 26 heavy (non-hydrogen) atoms. The molecular weight excluding hydrogens is 342 g/mol.